The van der Waals surface area contributed by atoms with Gasteiger partial charge >= 0.3 is 116 Å². The van der Waals surface area contributed by atoms with Gasteiger partial charge in [-0.25, -0.2) is 4.79 Å². The Morgan fingerprint density at radius 1 is 1.14 bits per heavy atom. The second kappa shape index (κ2) is 15.7. The van der Waals surface area contributed by atoms with E-state index in [2.05, 4.69) is 0 Å². The maximum absolute atomic E-state index is 9.04. The monoisotopic (exact) mass is 270 g/mol. The van der Waals surface area contributed by atoms with Gasteiger partial charge in [-0.1, -0.05) is 0 Å². The molecule has 0 atom stereocenters. The summed E-state index contributed by atoms with van der Waals surface area (Å²) in [6.45, 7) is 0. The zero-order chi connectivity index (χ0) is 9.65. The van der Waals surface area contributed by atoms with Crippen LogP contribution in [0.4, 0.5) is 0 Å². The van der Waals surface area contributed by atoms with Crippen molar-refractivity contribution in [3.63, 3.8) is 0 Å². The minimum Gasteiger partial charge on any atom is -0.790 e. The van der Waals surface area contributed by atoms with Gasteiger partial charge in [-0.2, -0.15) is 0 Å². The van der Waals surface area contributed by atoms with Gasteiger partial charge in [0.2, 0.25) is 0 Å². The molecule has 0 amide bonds. The van der Waals surface area contributed by atoms with Gasteiger partial charge in [-0.15, -0.1) is 0 Å². The number of carbonyl (C=O) groups is 2. The first-order chi connectivity index (χ1) is 4.64. The van der Waals surface area contributed by atoms with Crippen LogP contribution in [0.2, 0.25) is 0 Å². The van der Waals surface area contributed by atoms with Crippen molar-refractivity contribution in [2.24, 2.45) is 0 Å². The van der Waals surface area contributed by atoms with E-state index >= 15 is 0 Å². The van der Waals surface area contributed by atoms with Crippen molar-refractivity contribution in [3.8, 4) is 0 Å². The van der Waals surface area contributed by atoms with Gasteiger partial charge in [-0.3, -0.25) is 0 Å². The maximum Gasteiger partial charge on any atom is 1.00 e. The Labute approximate surface area is 166 Å². The summed E-state index contributed by atoms with van der Waals surface area (Å²) in [5.41, 5.74) is 0. The van der Waals surface area contributed by atoms with Crippen molar-refractivity contribution < 1.29 is 150 Å². The summed E-state index contributed by atoms with van der Waals surface area (Å²) in [6.07, 6.45) is 0. The van der Waals surface area contributed by atoms with Crippen LogP contribution in [-0.2, 0) is 14.2 Å². The molecule has 0 radical (unpaired) electrons. The minimum absolute atomic E-state index is 0. The Kier molecular flexibility index (Phi) is 33.7. The molecule has 0 unspecified atom stereocenters. The van der Waals surface area contributed by atoms with Crippen LogP contribution in [0.1, 0.15) is 0 Å². The molecule has 0 aromatic rings. The molecule has 0 aromatic heterocycles. The number of aliphatic carboxylic acids is 2. The number of carboxylic acids is 2. The molecule has 0 aliphatic heterocycles. The van der Waals surface area contributed by atoms with Gasteiger partial charge < -0.3 is 34.3 Å². The van der Waals surface area contributed by atoms with Crippen molar-refractivity contribution in [3.05, 3.63) is 0 Å². The van der Waals surface area contributed by atoms with Crippen LogP contribution in [0.15, 0.2) is 0 Å². The molecular formula is C2H2KNa2O8P. The summed E-state index contributed by atoms with van der Waals surface area (Å²) in [6, 6.07) is 0. The first kappa shape index (κ1) is 30.1. The van der Waals surface area contributed by atoms with Crippen LogP contribution in [0, 0.1) is 0 Å². The number of carboxylic acid groups (broad SMARTS) is 2. The standard InChI is InChI=1S/C2H2O4.K.2Na.H3O4P/c3-1(4)2(5)6;;;;1-5(2,3)4/h(H,3,4)(H,5,6);;;;(H3,1,2,3,4)/q;3*+1;/p-3. The molecule has 2 N–H and O–H groups in total. The predicted molar refractivity (Wildman–Crippen MR) is 22.5 cm³/mol. The van der Waals surface area contributed by atoms with E-state index in [0.29, 0.717) is 0 Å². The molecular weight excluding hydrogens is 268 g/mol. The molecule has 0 bridgehead atoms. The van der Waals surface area contributed by atoms with E-state index in [1.54, 1.807) is 0 Å². The Bertz CT molecular complexity index is 181. The third kappa shape index (κ3) is 61.5. The fourth-order valence-corrected chi connectivity index (χ4v) is 0. The number of rotatable bonds is 0. The van der Waals surface area contributed by atoms with Gasteiger partial charge in [0.15, 0.2) is 5.97 Å². The van der Waals surface area contributed by atoms with Gasteiger partial charge in [0.1, 0.15) is 0 Å². The van der Waals surface area contributed by atoms with Gasteiger partial charge in [0.25, 0.3) is 0 Å². The Morgan fingerprint density at radius 2 is 1.21 bits per heavy atom. The van der Waals surface area contributed by atoms with Crippen molar-refractivity contribution in [2.75, 3.05) is 0 Å². The molecule has 0 heterocycles. The van der Waals surface area contributed by atoms with Crippen molar-refractivity contribution in [1.29, 1.82) is 0 Å². The van der Waals surface area contributed by atoms with E-state index in [1.807, 2.05) is 0 Å². The summed E-state index contributed by atoms with van der Waals surface area (Å²) < 4.78 is 8.66. The summed E-state index contributed by atoms with van der Waals surface area (Å²) >= 11 is 0. The van der Waals surface area contributed by atoms with Crippen LogP contribution in [0.5, 0.6) is 0 Å². The topological polar surface area (TPSA) is 161 Å². The number of phosphoric acid groups is 1. The average Bonchev–Trinajstić information content (AvgIpc) is 1.59. The van der Waals surface area contributed by atoms with E-state index in [1.165, 1.54) is 0 Å². The normalized spacial score (nSPS) is 7.36. The van der Waals surface area contributed by atoms with Crippen LogP contribution < -0.4 is 125 Å². The van der Waals surface area contributed by atoms with E-state index in [9.17, 15) is 0 Å². The Morgan fingerprint density at radius 3 is 1.21 bits per heavy atom. The number of carbonyl (C=O) groups excluding carboxylic acids is 1. The molecule has 0 saturated carbocycles. The Balaban J connectivity index is -0.0000000321. The van der Waals surface area contributed by atoms with Crippen LogP contribution >= 0.6 is 7.82 Å². The molecule has 66 valence electrons. The van der Waals surface area contributed by atoms with Crippen LogP contribution in [0.3, 0.4) is 0 Å². The van der Waals surface area contributed by atoms with E-state index < -0.39 is 19.8 Å². The first-order valence-electron chi connectivity index (χ1n) is 1.83. The Hall–Kier alpha value is 2.69. The summed E-state index contributed by atoms with van der Waals surface area (Å²) in [5.74, 6) is -4.01. The summed E-state index contributed by atoms with van der Waals surface area (Å²) in [7, 11) is -5.14. The molecule has 0 spiro atoms. The van der Waals surface area contributed by atoms with Crippen molar-refractivity contribution in [1.82, 2.24) is 0 Å². The van der Waals surface area contributed by atoms with Crippen molar-refractivity contribution >= 4 is 19.8 Å². The third-order valence-corrected chi connectivity index (χ3v) is 0.175. The van der Waals surface area contributed by atoms with Crippen LogP contribution in [0.25, 0.3) is 0 Å². The molecule has 0 aliphatic rings. The summed E-state index contributed by atoms with van der Waals surface area (Å²) in [5, 5.41) is 16.3. The molecule has 0 aliphatic carbocycles. The van der Waals surface area contributed by atoms with Gasteiger partial charge in [-0.05, 0) is 0 Å². The van der Waals surface area contributed by atoms with Gasteiger partial charge in [0.05, 0.1) is 7.82 Å². The molecule has 12 heteroatoms. The predicted octanol–water partition coefficient (Wildman–Crippen LogP) is -13.4. The molecule has 0 saturated heterocycles. The van der Waals surface area contributed by atoms with Crippen LogP contribution in [-0.4, -0.2) is 21.9 Å². The molecule has 8 nitrogen and oxygen atoms in total. The molecule has 0 fully saturated rings. The number of hydrogen-bond acceptors (Lipinski definition) is 6. The SMILES string of the molecule is O=C([O-])C(=O)O.O=P([O-])([O-])O.[K+].[Na+].[Na+]. The van der Waals surface area contributed by atoms with E-state index in [-0.39, 0.29) is 110 Å². The second-order valence-electron chi connectivity index (χ2n) is 1.06. The van der Waals surface area contributed by atoms with Crippen molar-refractivity contribution in [2.45, 2.75) is 0 Å². The van der Waals surface area contributed by atoms with Gasteiger partial charge in [0, 0.05) is 0 Å². The fraction of sp³-hybridized carbons (Fsp3) is 0. The quantitative estimate of drug-likeness (QED) is 0.249. The maximum atomic E-state index is 9.04. The largest absolute Gasteiger partial charge is 1.00 e. The smallest absolute Gasteiger partial charge is 0.790 e. The molecule has 0 aromatic carbocycles. The summed E-state index contributed by atoms with van der Waals surface area (Å²) in [4.78, 5) is 42.3. The van der Waals surface area contributed by atoms with E-state index in [0.717, 1.165) is 0 Å². The first-order valence-corrected chi connectivity index (χ1v) is 3.33. The van der Waals surface area contributed by atoms with E-state index in [4.69, 9.17) is 39.0 Å². The minimum atomic E-state index is -5.14. The fourth-order valence-electron chi connectivity index (χ4n) is 0. The zero-order valence-electron chi connectivity index (χ0n) is 7.79. The second-order valence-corrected chi connectivity index (χ2v) is 2.00. The zero-order valence-corrected chi connectivity index (χ0v) is 15.8. The third-order valence-electron chi connectivity index (χ3n) is 0.175. The average molecular weight is 270 g/mol. The molecule has 14 heavy (non-hydrogen) atoms. The molecule has 0 rings (SSSR count). The number of hydrogen-bond donors (Lipinski definition) is 2.